The van der Waals surface area contributed by atoms with Crippen LogP contribution in [0.15, 0.2) is 42.6 Å². The highest BCUT2D eigenvalue weighted by Gasteiger charge is 2.55. The minimum atomic E-state index is -0.440. The number of allylic oxidation sites excluding steroid dienone is 2. The molecule has 0 aromatic carbocycles. The number of fused-ring (bicyclic) bond motifs is 3. The minimum absolute atomic E-state index is 0.110. The molecule has 40 heavy (non-hydrogen) atoms. The SMILES string of the molecule is COC(=O)c1cnc2c(c1)nc(-c1cc3ccc4nc3n1CCCCC/C=C\C[C@@H]1CC1(C)C(=O)N[C@@H]4C)n2C. The molecule has 4 aromatic heterocycles. The molecular formula is C31H36N6O3. The van der Waals surface area contributed by atoms with Gasteiger partial charge in [0.05, 0.1) is 30.1 Å². The van der Waals surface area contributed by atoms with Gasteiger partial charge < -0.3 is 19.2 Å². The number of pyridine rings is 2. The highest BCUT2D eigenvalue weighted by molar-refractivity contribution is 5.93. The molecule has 9 nitrogen and oxygen atoms in total. The van der Waals surface area contributed by atoms with Gasteiger partial charge in [-0.1, -0.05) is 25.5 Å². The maximum atomic E-state index is 13.2. The van der Waals surface area contributed by atoms with Crippen molar-refractivity contribution in [2.75, 3.05) is 7.11 Å². The van der Waals surface area contributed by atoms with Crippen LogP contribution in [0, 0.1) is 11.3 Å². The van der Waals surface area contributed by atoms with Crippen molar-refractivity contribution in [2.24, 2.45) is 18.4 Å². The Morgan fingerprint density at radius 2 is 1.98 bits per heavy atom. The summed E-state index contributed by atoms with van der Waals surface area (Å²) in [6.45, 7) is 4.88. The van der Waals surface area contributed by atoms with Gasteiger partial charge in [0.15, 0.2) is 11.5 Å². The van der Waals surface area contributed by atoms with Crippen molar-refractivity contribution >= 4 is 34.1 Å². The lowest BCUT2D eigenvalue weighted by molar-refractivity contribution is -0.126. The van der Waals surface area contributed by atoms with Crippen molar-refractivity contribution in [3.05, 3.63) is 53.9 Å². The summed E-state index contributed by atoms with van der Waals surface area (Å²) >= 11 is 0. The van der Waals surface area contributed by atoms with E-state index in [9.17, 15) is 9.59 Å². The highest BCUT2D eigenvalue weighted by Crippen LogP contribution is 2.54. The molecule has 1 aliphatic heterocycles. The number of nitrogens with zero attached hydrogens (tertiary/aromatic N) is 5. The fourth-order valence-electron chi connectivity index (χ4n) is 5.93. The number of rotatable bonds is 2. The maximum absolute atomic E-state index is 13.2. The molecule has 9 heteroatoms. The van der Waals surface area contributed by atoms with Gasteiger partial charge in [-0.3, -0.25) is 4.79 Å². The first-order chi connectivity index (χ1) is 19.3. The van der Waals surface area contributed by atoms with Crippen LogP contribution < -0.4 is 5.32 Å². The predicted molar refractivity (Wildman–Crippen MR) is 154 cm³/mol. The molecule has 1 fully saturated rings. The number of methoxy groups -OCH3 is 1. The Labute approximate surface area is 233 Å². The molecule has 4 aromatic rings. The Kier molecular flexibility index (Phi) is 6.68. The molecule has 2 bridgehead atoms. The molecule has 0 saturated heterocycles. The fourth-order valence-corrected chi connectivity index (χ4v) is 5.93. The number of hydrogen-bond acceptors (Lipinski definition) is 6. The largest absolute Gasteiger partial charge is 0.465 e. The smallest absolute Gasteiger partial charge is 0.339 e. The van der Waals surface area contributed by atoms with Crippen molar-refractivity contribution in [1.29, 1.82) is 0 Å². The number of ether oxygens (including phenoxy) is 1. The van der Waals surface area contributed by atoms with Gasteiger partial charge in [0.1, 0.15) is 11.2 Å². The molecule has 0 spiro atoms. The summed E-state index contributed by atoms with van der Waals surface area (Å²) < 4.78 is 9.06. The van der Waals surface area contributed by atoms with Crippen LogP contribution >= 0.6 is 0 Å². The van der Waals surface area contributed by atoms with Crippen molar-refractivity contribution in [3.63, 3.8) is 0 Å². The van der Waals surface area contributed by atoms with Crippen molar-refractivity contribution < 1.29 is 14.3 Å². The van der Waals surface area contributed by atoms with Crippen molar-refractivity contribution in [3.8, 4) is 11.5 Å². The summed E-state index contributed by atoms with van der Waals surface area (Å²) in [5.74, 6) is 0.838. The van der Waals surface area contributed by atoms with Crippen LogP contribution in [0.3, 0.4) is 0 Å². The molecule has 2 aliphatic rings. The molecule has 0 radical (unpaired) electrons. The first-order valence-electron chi connectivity index (χ1n) is 14.2. The van der Waals surface area contributed by atoms with Crippen LogP contribution in [-0.4, -0.2) is 43.1 Å². The van der Waals surface area contributed by atoms with E-state index in [0.29, 0.717) is 22.6 Å². The van der Waals surface area contributed by atoms with Gasteiger partial charge in [0.2, 0.25) is 5.91 Å². The average molecular weight is 541 g/mol. The second-order valence-corrected chi connectivity index (χ2v) is 11.5. The molecule has 1 unspecified atom stereocenters. The van der Waals surface area contributed by atoms with E-state index in [1.165, 1.54) is 13.3 Å². The number of imidazole rings is 1. The minimum Gasteiger partial charge on any atom is -0.465 e. The van der Waals surface area contributed by atoms with Crippen LogP contribution in [0.5, 0.6) is 0 Å². The zero-order valence-electron chi connectivity index (χ0n) is 23.6. The van der Waals surface area contributed by atoms with E-state index in [-0.39, 0.29) is 17.4 Å². The number of carbonyl (C=O) groups excluding carboxylic acids is 2. The quantitative estimate of drug-likeness (QED) is 0.266. The monoisotopic (exact) mass is 540 g/mol. The van der Waals surface area contributed by atoms with Gasteiger partial charge in [-0.15, -0.1) is 0 Å². The Morgan fingerprint density at radius 3 is 2.80 bits per heavy atom. The summed E-state index contributed by atoms with van der Waals surface area (Å²) in [5, 5.41) is 4.25. The number of carbonyl (C=O) groups is 2. The second-order valence-electron chi connectivity index (χ2n) is 11.5. The Balaban J connectivity index is 1.42. The normalized spacial score (nSPS) is 24.4. The average Bonchev–Trinajstić information content (AvgIpc) is 3.33. The summed E-state index contributed by atoms with van der Waals surface area (Å²) in [5.41, 5.74) is 4.05. The van der Waals surface area contributed by atoms with Gasteiger partial charge in [-0.25, -0.2) is 19.7 Å². The Hall–Kier alpha value is -4.01. The predicted octanol–water partition coefficient (Wildman–Crippen LogP) is 5.50. The van der Waals surface area contributed by atoms with Crippen LogP contribution in [0.2, 0.25) is 0 Å². The van der Waals surface area contributed by atoms with E-state index < -0.39 is 5.97 Å². The zero-order valence-corrected chi connectivity index (χ0v) is 23.6. The lowest BCUT2D eigenvalue weighted by Gasteiger charge is -2.18. The third kappa shape index (κ3) is 4.57. The van der Waals surface area contributed by atoms with Crippen LogP contribution in [-0.2, 0) is 23.1 Å². The molecule has 6 rings (SSSR count). The molecule has 5 heterocycles. The number of hydrogen-bond donors (Lipinski definition) is 1. The van der Waals surface area contributed by atoms with Crippen molar-refractivity contribution in [1.82, 2.24) is 29.4 Å². The van der Waals surface area contributed by atoms with E-state index in [0.717, 1.165) is 73.3 Å². The van der Waals surface area contributed by atoms with Gasteiger partial charge in [-0.05, 0) is 69.2 Å². The molecule has 1 aliphatic carbocycles. The summed E-state index contributed by atoms with van der Waals surface area (Å²) in [7, 11) is 3.29. The fraction of sp³-hybridized carbons (Fsp3) is 0.452. The molecule has 1 amide bonds. The standard InChI is InChI=1S/C31H36N6O3/c1-19-23-13-12-20-16-25(28-35-24-15-21(29(38)40-4)18-32-27(24)36(28)3)37(26(20)34-23)14-10-8-6-5-7-9-11-22-17-31(22,2)30(39)33-19/h7,9,12-13,15-16,18-19,22H,5-6,8,10-11,14,17H2,1-4H3,(H,33,39)/b9-7-/t19-,22-,31?/m1/s1. The summed E-state index contributed by atoms with van der Waals surface area (Å²) in [6, 6.07) is 7.72. The summed E-state index contributed by atoms with van der Waals surface area (Å²) in [4.78, 5) is 39.8. The van der Waals surface area contributed by atoms with Gasteiger partial charge in [-0.2, -0.15) is 0 Å². The van der Waals surface area contributed by atoms with Gasteiger partial charge >= 0.3 is 5.97 Å². The molecule has 1 N–H and O–H groups in total. The second kappa shape index (κ2) is 10.2. The van der Waals surface area contributed by atoms with Gasteiger partial charge in [0, 0.05) is 30.6 Å². The molecular weight excluding hydrogens is 504 g/mol. The first-order valence-corrected chi connectivity index (χ1v) is 14.2. The van der Waals surface area contributed by atoms with Crippen LogP contribution in [0.4, 0.5) is 0 Å². The topological polar surface area (TPSA) is 104 Å². The lowest BCUT2D eigenvalue weighted by Crippen LogP contribution is -2.34. The maximum Gasteiger partial charge on any atom is 0.339 e. The highest BCUT2D eigenvalue weighted by atomic mass is 16.5. The third-order valence-corrected chi connectivity index (χ3v) is 8.69. The van der Waals surface area contributed by atoms with E-state index >= 15 is 0 Å². The molecule has 3 atom stereocenters. The van der Waals surface area contributed by atoms with Crippen LogP contribution in [0.25, 0.3) is 33.7 Å². The molecule has 208 valence electrons. The number of aryl methyl sites for hydroxylation is 2. The van der Waals surface area contributed by atoms with Crippen LogP contribution in [0.1, 0.15) is 74.5 Å². The number of aromatic nitrogens is 5. The van der Waals surface area contributed by atoms with E-state index in [4.69, 9.17) is 14.7 Å². The Bertz CT molecular complexity index is 1650. The number of amides is 1. The third-order valence-electron chi connectivity index (χ3n) is 8.69. The molecule has 1 saturated carbocycles. The summed E-state index contributed by atoms with van der Waals surface area (Å²) in [6.07, 6.45) is 12.2. The Morgan fingerprint density at radius 1 is 1.12 bits per heavy atom. The lowest BCUT2D eigenvalue weighted by atomic mass is 10.0. The van der Waals surface area contributed by atoms with E-state index in [2.05, 4.69) is 46.1 Å². The van der Waals surface area contributed by atoms with E-state index in [1.54, 1.807) is 6.07 Å². The van der Waals surface area contributed by atoms with E-state index in [1.807, 2.05) is 24.6 Å². The number of esters is 1. The number of nitrogens with one attached hydrogen (secondary N) is 1. The van der Waals surface area contributed by atoms with Crippen molar-refractivity contribution in [2.45, 2.75) is 65.0 Å². The first kappa shape index (κ1) is 26.2. The van der Waals surface area contributed by atoms with Gasteiger partial charge in [0.25, 0.3) is 0 Å². The zero-order chi connectivity index (χ0) is 28.0.